The highest BCUT2D eigenvalue weighted by Gasteiger charge is 2.16. The number of carbonyl (C=O) groups is 1. The molecule has 2 aromatic heterocycles. The summed E-state index contributed by atoms with van der Waals surface area (Å²) in [6, 6.07) is 0. The normalized spacial score (nSPS) is 10.8. The van der Waals surface area contributed by atoms with E-state index in [4.69, 9.17) is 4.74 Å². The van der Waals surface area contributed by atoms with Gasteiger partial charge in [0.25, 0.3) is 0 Å². The third kappa shape index (κ3) is 2.04. The van der Waals surface area contributed by atoms with Crippen LogP contribution in [0.5, 0.6) is 5.88 Å². The summed E-state index contributed by atoms with van der Waals surface area (Å²) in [5, 5.41) is 0.603. The van der Waals surface area contributed by atoms with E-state index in [1.807, 2.05) is 13.8 Å². The molecule has 0 atom stereocenters. The fourth-order valence-electron chi connectivity index (χ4n) is 1.55. The summed E-state index contributed by atoms with van der Waals surface area (Å²) in [7, 11) is 0. The number of aromatic nitrogens is 3. The maximum Gasteiger partial charge on any atom is 0.227 e. The Hall–Kier alpha value is -2.17. The van der Waals surface area contributed by atoms with E-state index in [0.717, 1.165) is 0 Å². The topological polar surface area (TPSA) is 67.9 Å². The zero-order chi connectivity index (χ0) is 12.4. The molecule has 0 unspecified atom stereocenters. The first-order valence-corrected chi connectivity index (χ1v) is 5.29. The van der Waals surface area contributed by atoms with Crippen LogP contribution in [0.1, 0.15) is 24.2 Å². The summed E-state index contributed by atoms with van der Waals surface area (Å²) in [5.74, 6) is 0.233. The molecule has 0 bridgehead atoms. The molecule has 0 amide bonds. The van der Waals surface area contributed by atoms with Gasteiger partial charge < -0.3 is 9.72 Å². The Bertz CT molecular complexity index is 572. The fraction of sp³-hybridized carbons (Fsp3) is 0.250. The second kappa shape index (κ2) is 4.37. The average molecular weight is 231 g/mol. The summed E-state index contributed by atoms with van der Waals surface area (Å²) in [6.07, 6.45) is 4.24. The largest absolute Gasteiger partial charge is 0.474 e. The van der Waals surface area contributed by atoms with E-state index in [1.165, 1.54) is 12.4 Å². The van der Waals surface area contributed by atoms with Crippen molar-refractivity contribution in [3.05, 3.63) is 30.7 Å². The fourth-order valence-corrected chi connectivity index (χ4v) is 1.55. The highest BCUT2D eigenvalue weighted by atomic mass is 16.5. The second-order valence-electron chi connectivity index (χ2n) is 3.84. The van der Waals surface area contributed by atoms with Crippen LogP contribution in [-0.4, -0.2) is 26.8 Å². The molecule has 0 aromatic carbocycles. The lowest BCUT2D eigenvalue weighted by molar-refractivity contribution is 0.104. The molecule has 0 fully saturated rings. The molecule has 2 aromatic rings. The Morgan fingerprint density at radius 2 is 2.29 bits per heavy atom. The van der Waals surface area contributed by atoms with Gasteiger partial charge >= 0.3 is 0 Å². The lowest BCUT2D eigenvalue weighted by Crippen LogP contribution is -2.08. The lowest BCUT2D eigenvalue weighted by atomic mass is 10.1. The number of nitrogens with zero attached hydrogens (tertiary/aromatic N) is 2. The summed E-state index contributed by atoms with van der Waals surface area (Å²) in [5.41, 5.74) is 1.06. The Balaban J connectivity index is 2.63. The molecule has 0 aliphatic heterocycles. The van der Waals surface area contributed by atoms with Crippen LogP contribution in [0.15, 0.2) is 25.2 Å². The quantitative estimate of drug-likeness (QED) is 0.646. The van der Waals surface area contributed by atoms with Gasteiger partial charge in [-0.05, 0) is 19.9 Å². The first-order valence-electron chi connectivity index (χ1n) is 5.29. The van der Waals surface area contributed by atoms with Gasteiger partial charge in [-0.2, -0.15) is 0 Å². The van der Waals surface area contributed by atoms with Gasteiger partial charge in [-0.15, -0.1) is 0 Å². The highest BCUT2D eigenvalue weighted by Crippen LogP contribution is 2.26. The maximum atomic E-state index is 11.7. The number of hydrogen-bond donors (Lipinski definition) is 1. The van der Waals surface area contributed by atoms with Gasteiger partial charge in [0, 0.05) is 6.20 Å². The van der Waals surface area contributed by atoms with E-state index >= 15 is 0 Å². The van der Waals surface area contributed by atoms with E-state index in [9.17, 15) is 4.79 Å². The van der Waals surface area contributed by atoms with Gasteiger partial charge in [-0.1, -0.05) is 6.58 Å². The Labute approximate surface area is 98.5 Å². The second-order valence-corrected chi connectivity index (χ2v) is 3.84. The molecule has 0 spiro atoms. The van der Waals surface area contributed by atoms with Crippen molar-refractivity contribution in [3.63, 3.8) is 0 Å². The molecule has 0 saturated carbocycles. The molecule has 88 valence electrons. The molecule has 2 heterocycles. The molecule has 0 aliphatic rings. The highest BCUT2D eigenvalue weighted by molar-refractivity contribution is 6.13. The van der Waals surface area contributed by atoms with Gasteiger partial charge in [-0.3, -0.25) is 4.79 Å². The van der Waals surface area contributed by atoms with Crippen LogP contribution in [0, 0.1) is 0 Å². The summed E-state index contributed by atoms with van der Waals surface area (Å²) in [6.45, 7) is 7.27. The number of ether oxygens (including phenoxy) is 1. The molecule has 17 heavy (non-hydrogen) atoms. The Morgan fingerprint density at radius 1 is 1.53 bits per heavy atom. The summed E-state index contributed by atoms with van der Waals surface area (Å²) < 4.78 is 5.56. The number of H-pyrrole nitrogens is 1. The monoisotopic (exact) mass is 231 g/mol. The van der Waals surface area contributed by atoms with Crippen molar-refractivity contribution in [2.24, 2.45) is 0 Å². The van der Waals surface area contributed by atoms with E-state index in [2.05, 4.69) is 21.5 Å². The van der Waals surface area contributed by atoms with Gasteiger partial charge in [0.15, 0.2) is 5.78 Å². The van der Waals surface area contributed by atoms with Crippen LogP contribution in [0.2, 0.25) is 0 Å². The predicted octanol–water partition coefficient (Wildman–Crippen LogP) is 2.11. The van der Waals surface area contributed by atoms with Crippen molar-refractivity contribution in [2.75, 3.05) is 0 Å². The minimum atomic E-state index is -0.181. The molecule has 5 heteroatoms. The van der Waals surface area contributed by atoms with Gasteiger partial charge in [0.05, 0.1) is 17.1 Å². The van der Waals surface area contributed by atoms with Crippen LogP contribution in [0.4, 0.5) is 0 Å². The van der Waals surface area contributed by atoms with Crippen molar-refractivity contribution >= 4 is 16.8 Å². The first-order chi connectivity index (χ1) is 8.13. The molecule has 2 rings (SSSR count). The molecular formula is C12H13N3O2. The number of carbonyl (C=O) groups excluding carboxylic acids is 1. The van der Waals surface area contributed by atoms with Crippen molar-refractivity contribution in [1.29, 1.82) is 0 Å². The van der Waals surface area contributed by atoms with Crippen molar-refractivity contribution in [2.45, 2.75) is 20.0 Å². The van der Waals surface area contributed by atoms with Crippen molar-refractivity contribution in [3.8, 4) is 5.88 Å². The van der Waals surface area contributed by atoms with E-state index in [-0.39, 0.29) is 11.9 Å². The standard InChI is InChI=1S/C12H13N3O2/c1-4-9(16)8-5-13-11-10(8)12(15-6-14-11)17-7(2)3/h4-7H,1H2,2-3H3,(H,13,14,15). The van der Waals surface area contributed by atoms with Crippen LogP contribution in [0.25, 0.3) is 11.0 Å². The molecule has 0 radical (unpaired) electrons. The van der Waals surface area contributed by atoms with Crippen molar-refractivity contribution < 1.29 is 9.53 Å². The minimum absolute atomic E-state index is 0.0188. The van der Waals surface area contributed by atoms with Crippen LogP contribution < -0.4 is 4.74 Å². The Morgan fingerprint density at radius 3 is 2.94 bits per heavy atom. The van der Waals surface area contributed by atoms with Crippen LogP contribution >= 0.6 is 0 Å². The van der Waals surface area contributed by atoms with E-state index in [1.54, 1.807) is 6.20 Å². The molecule has 5 nitrogen and oxygen atoms in total. The number of aromatic amines is 1. The third-order valence-electron chi connectivity index (χ3n) is 2.23. The molecular weight excluding hydrogens is 218 g/mol. The first kappa shape index (κ1) is 11.3. The maximum absolute atomic E-state index is 11.7. The number of allylic oxidation sites excluding steroid dienone is 1. The zero-order valence-corrected chi connectivity index (χ0v) is 9.73. The van der Waals surface area contributed by atoms with E-state index < -0.39 is 0 Å². The van der Waals surface area contributed by atoms with E-state index in [0.29, 0.717) is 22.5 Å². The van der Waals surface area contributed by atoms with Gasteiger partial charge in [0.1, 0.15) is 12.0 Å². The smallest absolute Gasteiger partial charge is 0.227 e. The number of rotatable bonds is 4. The Kier molecular flexibility index (Phi) is 2.91. The predicted molar refractivity (Wildman–Crippen MR) is 64.2 cm³/mol. The van der Waals surface area contributed by atoms with Crippen molar-refractivity contribution in [1.82, 2.24) is 15.0 Å². The molecule has 0 aliphatic carbocycles. The summed E-state index contributed by atoms with van der Waals surface area (Å²) in [4.78, 5) is 22.7. The lowest BCUT2D eigenvalue weighted by Gasteiger charge is -2.09. The SMILES string of the molecule is C=CC(=O)c1c[nH]c2ncnc(OC(C)C)c12. The van der Waals surface area contributed by atoms with Crippen LogP contribution in [0.3, 0.4) is 0 Å². The van der Waals surface area contributed by atoms with Crippen LogP contribution in [-0.2, 0) is 0 Å². The summed E-state index contributed by atoms with van der Waals surface area (Å²) >= 11 is 0. The average Bonchev–Trinajstić information content (AvgIpc) is 2.72. The minimum Gasteiger partial charge on any atom is -0.474 e. The number of ketones is 1. The third-order valence-corrected chi connectivity index (χ3v) is 2.23. The van der Waals surface area contributed by atoms with Gasteiger partial charge in [-0.25, -0.2) is 9.97 Å². The number of nitrogens with one attached hydrogen (secondary N) is 1. The number of hydrogen-bond acceptors (Lipinski definition) is 4. The zero-order valence-electron chi connectivity index (χ0n) is 9.73. The molecule has 1 N–H and O–H groups in total. The molecule has 0 saturated heterocycles. The number of fused-ring (bicyclic) bond motifs is 1. The van der Waals surface area contributed by atoms with Gasteiger partial charge in [0.2, 0.25) is 5.88 Å².